The van der Waals surface area contributed by atoms with Crippen LogP contribution in [0, 0.1) is 0 Å². The zero-order valence-electron chi connectivity index (χ0n) is 15.1. The maximum Gasteiger partial charge on any atom is 0.290 e. The van der Waals surface area contributed by atoms with Gasteiger partial charge in [-0.3, -0.25) is 9.78 Å². The van der Waals surface area contributed by atoms with E-state index in [2.05, 4.69) is 0 Å². The molecule has 27 heavy (non-hydrogen) atoms. The molecule has 2 heterocycles. The van der Waals surface area contributed by atoms with E-state index < -0.39 is 0 Å². The van der Waals surface area contributed by atoms with Gasteiger partial charge in [-0.05, 0) is 36.8 Å². The third kappa shape index (κ3) is 3.60. The second-order valence-electron chi connectivity index (χ2n) is 6.49. The highest BCUT2D eigenvalue weighted by Gasteiger charge is 2.25. The summed E-state index contributed by atoms with van der Waals surface area (Å²) in [7, 11) is 0. The zero-order valence-corrected chi connectivity index (χ0v) is 15.1. The van der Waals surface area contributed by atoms with Crippen LogP contribution in [0.3, 0.4) is 0 Å². The van der Waals surface area contributed by atoms with Crippen molar-refractivity contribution >= 4 is 16.8 Å². The Kier molecular flexibility index (Phi) is 4.71. The largest absolute Gasteiger partial charge is 0.459 e. The molecule has 1 amide bonds. The van der Waals surface area contributed by atoms with E-state index in [9.17, 15) is 4.79 Å². The monoisotopic (exact) mass is 356 g/mol. The standard InChI is InChI=1S/C23H20N2O2/c1-17(18-8-3-2-4-9-18)25(23(26)22-12-7-15-27-22)16-20-14-13-19-10-5-6-11-21(19)24-20/h2-15,17H,16H2,1H3/t17-/m1/s1. The topological polar surface area (TPSA) is 46.3 Å². The number of aromatic nitrogens is 1. The molecule has 0 spiro atoms. The van der Waals surface area contributed by atoms with E-state index in [4.69, 9.17) is 9.40 Å². The number of carbonyl (C=O) groups excluding carboxylic acids is 1. The number of pyridine rings is 1. The van der Waals surface area contributed by atoms with Gasteiger partial charge in [-0.25, -0.2) is 0 Å². The van der Waals surface area contributed by atoms with Crippen molar-refractivity contribution in [2.45, 2.75) is 19.5 Å². The van der Waals surface area contributed by atoms with Crippen LogP contribution in [0.2, 0.25) is 0 Å². The van der Waals surface area contributed by atoms with Crippen LogP contribution in [0.4, 0.5) is 0 Å². The first kappa shape index (κ1) is 17.0. The predicted octanol–water partition coefficient (Wildman–Crippen LogP) is 5.23. The second kappa shape index (κ2) is 7.46. The summed E-state index contributed by atoms with van der Waals surface area (Å²) in [4.78, 5) is 19.6. The third-order valence-corrected chi connectivity index (χ3v) is 4.73. The van der Waals surface area contributed by atoms with Crippen LogP contribution in [0.1, 0.15) is 34.8 Å². The Bertz CT molecular complexity index is 1040. The van der Waals surface area contributed by atoms with Gasteiger partial charge in [0, 0.05) is 5.39 Å². The maximum absolute atomic E-state index is 13.1. The molecule has 0 fully saturated rings. The molecule has 2 aromatic heterocycles. The summed E-state index contributed by atoms with van der Waals surface area (Å²) in [5.74, 6) is 0.185. The van der Waals surface area contributed by atoms with Crippen LogP contribution in [0.25, 0.3) is 10.9 Å². The summed E-state index contributed by atoms with van der Waals surface area (Å²) < 4.78 is 5.36. The minimum absolute atomic E-state index is 0.114. The molecule has 0 aliphatic carbocycles. The number of rotatable bonds is 5. The van der Waals surface area contributed by atoms with Crippen LogP contribution in [0.15, 0.2) is 89.5 Å². The van der Waals surface area contributed by atoms with Gasteiger partial charge in [0.05, 0.1) is 30.1 Å². The SMILES string of the molecule is C[C@H](c1ccccc1)N(Cc1ccc2ccccc2n1)C(=O)c1ccco1. The summed E-state index contributed by atoms with van der Waals surface area (Å²) in [5, 5.41) is 1.08. The first-order chi connectivity index (χ1) is 13.2. The Balaban J connectivity index is 1.69. The summed E-state index contributed by atoms with van der Waals surface area (Å²) in [6.07, 6.45) is 1.52. The van der Waals surface area contributed by atoms with Crippen molar-refractivity contribution in [1.29, 1.82) is 0 Å². The molecular formula is C23H20N2O2. The molecule has 134 valence electrons. The van der Waals surface area contributed by atoms with E-state index in [0.717, 1.165) is 22.2 Å². The van der Waals surface area contributed by atoms with Gasteiger partial charge < -0.3 is 9.32 Å². The Labute approximate surface area is 158 Å². The molecule has 1 atom stereocenters. The fourth-order valence-electron chi connectivity index (χ4n) is 3.21. The molecule has 0 radical (unpaired) electrons. The first-order valence-electron chi connectivity index (χ1n) is 8.96. The normalized spacial score (nSPS) is 12.0. The number of hydrogen-bond donors (Lipinski definition) is 0. The van der Waals surface area contributed by atoms with Crippen molar-refractivity contribution in [1.82, 2.24) is 9.88 Å². The molecule has 0 bridgehead atoms. The molecule has 0 aliphatic rings. The highest BCUT2D eigenvalue weighted by atomic mass is 16.3. The molecule has 4 nitrogen and oxygen atoms in total. The summed E-state index contributed by atoms with van der Waals surface area (Å²) in [6.45, 7) is 2.43. The van der Waals surface area contributed by atoms with Crippen molar-refractivity contribution < 1.29 is 9.21 Å². The lowest BCUT2D eigenvalue weighted by molar-refractivity contribution is 0.0638. The van der Waals surface area contributed by atoms with E-state index in [1.54, 1.807) is 17.0 Å². The van der Waals surface area contributed by atoms with Gasteiger partial charge in [0.2, 0.25) is 0 Å². The number of carbonyl (C=O) groups is 1. The number of hydrogen-bond acceptors (Lipinski definition) is 3. The van der Waals surface area contributed by atoms with Crippen LogP contribution in [-0.4, -0.2) is 15.8 Å². The first-order valence-corrected chi connectivity index (χ1v) is 8.96. The third-order valence-electron chi connectivity index (χ3n) is 4.73. The van der Waals surface area contributed by atoms with Crippen molar-refractivity contribution in [3.05, 3.63) is 102 Å². The lowest BCUT2D eigenvalue weighted by atomic mass is 10.1. The van der Waals surface area contributed by atoms with E-state index in [-0.39, 0.29) is 11.9 Å². The van der Waals surface area contributed by atoms with Gasteiger partial charge in [-0.1, -0.05) is 54.6 Å². The van der Waals surface area contributed by atoms with Crippen LogP contribution < -0.4 is 0 Å². The van der Waals surface area contributed by atoms with Gasteiger partial charge >= 0.3 is 0 Å². The molecule has 4 rings (SSSR count). The fraction of sp³-hybridized carbons (Fsp3) is 0.130. The lowest BCUT2D eigenvalue weighted by Gasteiger charge is -2.29. The molecule has 0 saturated carbocycles. The Morgan fingerprint density at radius 3 is 2.52 bits per heavy atom. The van der Waals surface area contributed by atoms with E-state index >= 15 is 0 Å². The van der Waals surface area contributed by atoms with Crippen LogP contribution in [0.5, 0.6) is 0 Å². The molecule has 0 unspecified atom stereocenters. The number of nitrogens with zero attached hydrogens (tertiary/aromatic N) is 2. The summed E-state index contributed by atoms with van der Waals surface area (Å²) in [5.41, 5.74) is 2.84. The molecule has 0 aliphatic heterocycles. The van der Waals surface area contributed by atoms with Gasteiger partial charge in [-0.2, -0.15) is 0 Å². The molecule has 4 aromatic rings. The second-order valence-corrected chi connectivity index (χ2v) is 6.49. The molecule has 0 N–H and O–H groups in total. The van der Waals surface area contributed by atoms with Gasteiger partial charge in [0.15, 0.2) is 5.76 Å². The van der Waals surface area contributed by atoms with Crippen molar-refractivity contribution in [3.63, 3.8) is 0 Å². The maximum atomic E-state index is 13.1. The number of amides is 1. The van der Waals surface area contributed by atoms with Crippen LogP contribution >= 0.6 is 0 Å². The fourth-order valence-corrected chi connectivity index (χ4v) is 3.21. The number of furan rings is 1. The van der Waals surface area contributed by atoms with Gasteiger partial charge in [-0.15, -0.1) is 0 Å². The lowest BCUT2D eigenvalue weighted by Crippen LogP contribution is -2.33. The average Bonchev–Trinajstić information content (AvgIpc) is 3.26. The quantitative estimate of drug-likeness (QED) is 0.492. The molecular weight excluding hydrogens is 336 g/mol. The Hall–Kier alpha value is -3.40. The average molecular weight is 356 g/mol. The van der Waals surface area contributed by atoms with Crippen molar-refractivity contribution in [2.24, 2.45) is 0 Å². The Morgan fingerprint density at radius 2 is 1.74 bits per heavy atom. The van der Waals surface area contributed by atoms with E-state index in [1.807, 2.05) is 73.7 Å². The number of para-hydroxylation sites is 1. The van der Waals surface area contributed by atoms with Gasteiger partial charge in [0.25, 0.3) is 5.91 Å². The summed E-state index contributed by atoms with van der Waals surface area (Å²) >= 11 is 0. The number of benzene rings is 2. The molecule has 2 aromatic carbocycles. The smallest absolute Gasteiger partial charge is 0.290 e. The van der Waals surface area contributed by atoms with E-state index in [0.29, 0.717) is 12.3 Å². The highest BCUT2D eigenvalue weighted by molar-refractivity contribution is 5.91. The zero-order chi connectivity index (χ0) is 18.6. The Morgan fingerprint density at radius 1 is 0.963 bits per heavy atom. The van der Waals surface area contributed by atoms with Crippen molar-refractivity contribution in [3.8, 4) is 0 Å². The van der Waals surface area contributed by atoms with Crippen molar-refractivity contribution in [2.75, 3.05) is 0 Å². The molecule has 4 heteroatoms. The molecule has 0 saturated heterocycles. The minimum Gasteiger partial charge on any atom is -0.459 e. The predicted molar refractivity (Wildman–Crippen MR) is 105 cm³/mol. The number of fused-ring (bicyclic) bond motifs is 1. The minimum atomic E-state index is -0.147. The summed E-state index contributed by atoms with van der Waals surface area (Å²) in [6, 6.07) is 25.3. The highest BCUT2D eigenvalue weighted by Crippen LogP contribution is 2.25. The van der Waals surface area contributed by atoms with Crippen LogP contribution in [-0.2, 0) is 6.54 Å². The van der Waals surface area contributed by atoms with E-state index in [1.165, 1.54) is 6.26 Å². The van der Waals surface area contributed by atoms with Gasteiger partial charge in [0.1, 0.15) is 0 Å².